The molecule has 0 amide bonds. The molecule has 3 heteroatoms. The highest BCUT2D eigenvalue weighted by Gasteiger charge is 2.11. The van der Waals surface area contributed by atoms with E-state index in [1.54, 1.807) is 0 Å². The molecule has 0 radical (unpaired) electrons. The second-order valence-electron chi connectivity index (χ2n) is 2.99. The van der Waals surface area contributed by atoms with Crippen LogP contribution in [-0.2, 0) is 9.47 Å². The van der Waals surface area contributed by atoms with E-state index in [1.165, 1.54) is 0 Å². The van der Waals surface area contributed by atoms with Gasteiger partial charge in [-0.05, 0) is 17.7 Å². The molecule has 1 fully saturated rings. The summed E-state index contributed by atoms with van der Waals surface area (Å²) in [4.78, 5) is 0. The van der Waals surface area contributed by atoms with Crippen molar-refractivity contribution in [3.05, 3.63) is 40.4 Å². The second kappa shape index (κ2) is 4.73. The standard InChI is InChI=1S/C11H11BrO2/c12-10-4-2-1-3-9(10)5-6-11-13-7-8-14-11/h1-6,11H,7-8H2/b6-5+. The van der Waals surface area contributed by atoms with E-state index in [9.17, 15) is 0 Å². The van der Waals surface area contributed by atoms with E-state index in [1.807, 2.05) is 36.4 Å². The highest BCUT2D eigenvalue weighted by Crippen LogP contribution is 2.18. The van der Waals surface area contributed by atoms with Crippen LogP contribution >= 0.6 is 15.9 Å². The zero-order valence-electron chi connectivity index (χ0n) is 7.65. The van der Waals surface area contributed by atoms with Crippen LogP contribution in [0.5, 0.6) is 0 Å². The van der Waals surface area contributed by atoms with Crippen LogP contribution in [0.4, 0.5) is 0 Å². The Morgan fingerprint density at radius 2 is 1.93 bits per heavy atom. The summed E-state index contributed by atoms with van der Waals surface area (Å²) < 4.78 is 11.7. The maximum absolute atomic E-state index is 5.29. The molecule has 74 valence electrons. The van der Waals surface area contributed by atoms with Crippen molar-refractivity contribution in [1.82, 2.24) is 0 Å². The Kier molecular flexibility index (Phi) is 3.35. The predicted octanol–water partition coefficient (Wildman–Crippen LogP) is 2.84. The summed E-state index contributed by atoms with van der Waals surface area (Å²) in [5, 5.41) is 0. The van der Waals surface area contributed by atoms with Crippen LogP contribution in [0.3, 0.4) is 0 Å². The number of rotatable bonds is 2. The molecule has 0 N–H and O–H groups in total. The quantitative estimate of drug-likeness (QED) is 0.809. The monoisotopic (exact) mass is 254 g/mol. The largest absolute Gasteiger partial charge is 0.347 e. The van der Waals surface area contributed by atoms with Crippen LogP contribution in [0.25, 0.3) is 6.08 Å². The first-order valence-corrected chi connectivity index (χ1v) is 5.31. The second-order valence-corrected chi connectivity index (χ2v) is 3.84. The summed E-state index contributed by atoms with van der Waals surface area (Å²) in [5.41, 5.74) is 1.13. The third kappa shape index (κ3) is 2.44. The van der Waals surface area contributed by atoms with Gasteiger partial charge >= 0.3 is 0 Å². The van der Waals surface area contributed by atoms with Gasteiger partial charge in [0.1, 0.15) is 0 Å². The topological polar surface area (TPSA) is 18.5 Å². The average molecular weight is 255 g/mol. The SMILES string of the molecule is Brc1ccccc1/C=C/C1OCCO1. The summed E-state index contributed by atoms with van der Waals surface area (Å²) in [6.45, 7) is 1.37. The van der Waals surface area contributed by atoms with Gasteiger partial charge in [0.15, 0.2) is 6.29 Å². The van der Waals surface area contributed by atoms with Gasteiger partial charge in [-0.2, -0.15) is 0 Å². The zero-order chi connectivity index (χ0) is 9.80. The van der Waals surface area contributed by atoms with Gasteiger partial charge in [-0.3, -0.25) is 0 Å². The van der Waals surface area contributed by atoms with Crippen molar-refractivity contribution in [3.8, 4) is 0 Å². The number of benzene rings is 1. The van der Waals surface area contributed by atoms with Crippen LogP contribution in [-0.4, -0.2) is 19.5 Å². The summed E-state index contributed by atoms with van der Waals surface area (Å²) in [6, 6.07) is 8.04. The minimum absolute atomic E-state index is 0.179. The van der Waals surface area contributed by atoms with Gasteiger partial charge < -0.3 is 9.47 Å². The third-order valence-electron chi connectivity index (χ3n) is 1.99. The Morgan fingerprint density at radius 3 is 2.64 bits per heavy atom. The van der Waals surface area contributed by atoms with Gasteiger partial charge in [0.2, 0.25) is 0 Å². The maximum Gasteiger partial charge on any atom is 0.177 e. The van der Waals surface area contributed by atoms with Crippen molar-refractivity contribution < 1.29 is 9.47 Å². The van der Waals surface area contributed by atoms with Crippen molar-refractivity contribution >= 4 is 22.0 Å². The molecule has 0 spiro atoms. The van der Waals surface area contributed by atoms with Crippen LogP contribution in [0, 0.1) is 0 Å². The average Bonchev–Trinajstić information content (AvgIpc) is 2.69. The lowest BCUT2D eigenvalue weighted by Crippen LogP contribution is -2.01. The highest BCUT2D eigenvalue weighted by atomic mass is 79.9. The highest BCUT2D eigenvalue weighted by molar-refractivity contribution is 9.10. The summed E-state index contributed by atoms with van der Waals surface area (Å²) in [7, 11) is 0. The molecule has 1 aliphatic heterocycles. The molecule has 1 aliphatic rings. The molecule has 0 aromatic heterocycles. The number of hydrogen-bond acceptors (Lipinski definition) is 2. The van der Waals surface area contributed by atoms with Gasteiger partial charge in [-0.1, -0.05) is 40.2 Å². The lowest BCUT2D eigenvalue weighted by Gasteiger charge is -2.02. The van der Waals surface area contributed by atoms with E-state index in [2.05, 4.69) is 15.9 Å². The van der Waals surface area contributed by atoms with Crippen molar-refractivity contribution in [2.75, 3.05) is 13.2 Å². The fourth-order valence-electron chi connectivity index (χ4n) is 1.28. The number of ether oxygens (including phenoxy) is 2. The van der Waals surface area contributed by atoms with Crippen molar-refractivity contribution in [2.45, 2.75) is 6.29 Å². The Balaban J connectivity index is 2.06. The van der Waals surface area contributed by atoms with Crippen molar-refractivity contribution in [2.24, 2.45) is 0 Å². The summed E-state index contributed by atoms with van der Waals surface area (Å²) in [5.74, 6) is 0. The van der Waals surface area contributed by atoms with E-state index in [0.29, 0.717) is 13.2 Å². The van der Waals surface area contributed by atoms with Gasteiger partial charge in [-0.15, -0.1) is 0 Å². The molecular weight excluding hydrogens is 244 g/mol. The van der Waals surface area contributed by atoms with Crippen LogP contribution in [0.1, 0.15) is 5.56 Å². The fourth-order valence-corrected chi connectivity index (χ4v) is 1.70. The van der Waals surface area contributed by atoms with Gasteiger partial charge in [-0.25, -0.2) is 0 Å². The van der Waals surface area contributed by atoms with Gasteiger partial charge in [0.05, 0.1) is 13.2 Å². The first-order chi connectivity index (χ1) is 6.86. The smallest absolute Gasteiger partial charge is 0.177 e. The minimum Gasteiger partial charge on any atom is -0.347 e. The number of hydrogen-bond donors (Lipinski definition) is 0. The Labute approximate surface area is 91.7 Å². The normalized spacial score (nSPS) is 18.1. The molecule has 1 aromatic carbocycles. The lowest BCUT2D eigenvalue weighted by molar-refractivity contribution is -0.000908. The molecule has 0 atom stereocenters. The zero-order valence-corrected chi connectivity index (χ0v) is 9.24. The molecule has 2 rings (SSSR count). The summed E-state index contributed by atoms with van der Waals surface area (Å²) >= 11 is 3.47. The van der Waals surface area contributed by atoms with Gasteiger partial charge in [0, 0.05) is 4.47 Å². The Bertz CT molecular complexity index is 330. The van der Waals surface area contributed by atoms with Crippen LogP contribution < -0.4 is 0 Å². The molecule has 1 aromatic rings. The maximum atomic E-state index is 5.29. The molecule has 0 bridgehead atoms. The summed E-state index contributed by atoms with van der Waals surface area (Å²) in [6.07, 6.45) is 3.75. The fraction of sp³-hybridized carbons (Fsp3) is 0.273. The molecule has 1 saturated heterocycles. The van der Waals surface area contributed by atoms with Crippen LogP contribution in [0.15, 0.2) is 34.8 Å². The first-order valence-electron chi connectivity index (χ1n) is 4.52. The van der Waals surface area contributed by atoms with Crippen LogP contribution in [0.2, 0.25) is 0 Å². The van der Waals surface area contributed by atoms with E-state index in [-0.39, 0.29) is 6.29 Å². The van der Waals surface area contributed by atoms with E-state index in [0.717, 1.165) is 10.0 Å². The van der Waals surface area contributed by atoms with Gasteiger partial charge in [0.25, 0.3) is 0 Å². The molecule has 2 nitrogen and oxygen atoms in total. The Morgan fingerprint density at radius 1 is 1.21 bits per heavy atom. The molecule has 0 aliphatic carbocycles. The van der Waals surface area contributed by atoms with E-state index in [4.69, 9.17) is 9.47 Å². The number of halogens is 1. The lowest BCUT2D eigenvalue weighted by atomic mass is 10.2. The Hall–Kier alpha value is -0.640. The molecule has 1 heterocycles. The third-order valence-corrected chi connectivity index (χ3v) is 2.71. The van der Waals surface area contributed by atoms with Crippen molar-refractivity contribution in [1.29, 1.82) is 0 Å². The van der Waals surface area contributed by atoms with E-state index >= 15 is 0 Å². The molecule has 0 saturated carbocycles. The molecular formula is C11H11BrO2. The predicted molar refractivity (Wildman–Crippen MR) is 58.9 cm³/mol. The molecule has 0 unspecified atom stereocenters. The first kappa shape index (κ1) is 9.90. The van der Waals surface area contributed by atoms with E-state index < -0.39 is 0 Å². The molecule has 14 heavy (non-hydrogen) atoms. The van der Waals surface area contributed by atoms with Crippen molar-refractivity contribution in [3.63, 3.8) is 0 Å². The minimum atomic E-state index is -0.179.